The normalized spacial score (nSPS) is 10.5. The van der Waals surface area contributed by atoms with E-state index < -0.39 is 0 Å². The number of aryl methyl sites for hydroxylation is 1. The Morgan fingerprint density at radius 2 is 1.63 bits per heavy atom. The maximum absolute atomic E-state index is 4.49. The van der Waals surface area contributed by atoms with Crippen molar-refractivity contribution < 1.29 is 0 Å². The maximum Gasteiger partial charge on any atom is 0.134 e. The third-order valence-electron chi connectivity index (χ3n) is 2.87. The van der Waals surface area contributed by atoms with Gasteiger partial charge in [0.25, 0.3) is 0 Å². The molecule has 0 atom stereocenters. The summed E-state index contributed by atoms with van der Waals surface area (Å²) in [5.41, 5.74) is 1.11. The van der Waals surface area contributed by atoms with Crippen LogP contribution in [0.4, 0.5) is 11.6 Å². The first kappa shape index (κ1) is 16.1. The van der Waals surface area contributed by atoms with Gasteiger partial charge in [-0.25, -0.2) is 9.97 Å². The van der Waals surface area contributed by atoms with E-state index in [2.05, 4.69) is 40.7 Å². The second kappa shape index (κ2) is 9.02. The Hall–Kier alpha value is -0.970. The van der Waals surface area contributed by atoms with Crippen LogP contribution in [-0.4, -0.2) is 35.1 Å². The van der Waals surface area contributed by atoms with Crippen LogP contribution in [0.2, 0.25) is 0 Å². The highest BCUT2D eigenvalue weighted by Gasteiger charge is 2.08. The van der Waals surface area contributed by atoms with Gasteiger partial charge >= 0.3 is 0 Å². The molecule has 108 valence electrons. The molecule has 4 nitrogen and oxygen atoms in total. The van der Waals surface area contributed by atoms with Crippen molar-refractivity contribution in [1.29, 1.82) is 0 Å². The summed E-state index contributed by atoms with van der Waals surface area (Å²) in [6, 6.07) is 0. The number of anilines is 2. The third-order valence-corrected chi connectivity index (χ3v) is 3.56. The predicted octanol–water partition coefficient (Wildman–Crippen LogP) is 3.47. The summed E-state index contributed by atoms with van der Waals surface area (Å²) in [6.45, 7) is 8.09. The minimum absolute atomic E-state index is 0.816. The Labute approximate surface area is 121 Å². The molecule has 0 amide bonds. The van der Waals surface area contributed by atoms with E-state index in [9.17, 15) is 0 Å². The van der Waals surface area contributed by atoms with Crippen LogP contribution in [-0.2, 0) is 0 Å². The van der Waals surface area contributed by atoms with Gasteiger partial charge in [0.2, 0.25) is 0 Å². The predicted molar refractivity (Wildman–Crippen MR) is 86.4 cm³/mol. The second-order valence-corrected chi connectivity index (χ2v) is 5.63. The first-order valence-electron chi connectivity index (χ1n) is 7.01. The molecule has 0 aliphatic carbocycles. The molecule has 0 bridgehead atoms. The highest BCUT2D eigenvalue weighted by Crippen LogP contribution is 2.19. The van der Waals surface area contributed by atoms with Gasteiger partial charge in [-0.2, -0.15) is 11.8 Å². The number of hydrogen-bond acceptors (Lipinski definition) is 5. The molecule has 5 heteroatoms. The SMILES string of the molecule is CCCNc1nc(C)nc(NCCCCSC)c1C. The summed E-state index contributed by atoms with van der Waals surface area (Å²) in [6.07, 6.45) is 5.68. The number of rotatable bonds is 9. The molecule has 0 radical (unpaired) electrons. The topological polar surface area (TPSA) is 49.8 Å². The minimum Gasteiger partial charge on any atom is -0.370 e. The van der Waals surface area contributed by atoms with Gasteiger partial charge in [0, 0.05) is 18.7 Å². The van der Waals surface area contributed by atoms with E-state index in [1.54, 1.807) is 0 Å². The summed E-state index contributed by atoms with van der Waals surface area (Å²) in [5, 5.41) is 6.79. The average molecular weight is 282 g/mol. The fourth-order valence-electron chi connectivity index (χ4n) is 1.79. The van der Waals surface area contributed by atoms with Gasteiger partial charge in [-0.1, -0.05) is 6.92 Å². The summed E-state index contributed by atoms with van der Waals surface area (Å²) >= 11 is 1.90. The molecule has 0 unspecified atom stereocenters. The summed E-state index contributed by atoms with van der Waals surface area (Å²) in [5.74, 6) is 3.97. The summed E-state index contributed by atoms with van der Waals surface area (Å²) < 4.78 is 0. The third kappa shape index (κ3) is 5.68. The Morgan fingerprint density at radius 3 is 2.21 bits per heavy atom. The van der Waals surface area contributed by atoms with E-state index in [0.717, 1.165) is 42.5 Å². The van der Waals surface area contributed by atoms with Crippen LogP contribution in [0.3, 0.4) is 0 Å². The second-order valence-electron chi connectivity index (χ2n) is 4.65. The molecule has 0 fully saturated rings. The lowest BCUT2D eigenvalue weighted by Crippen LogP contribution is -2.11. The van der Waals surface area contributed by atoms with Crippen LogP contribution in [0.15, 0.2) is 0 Å². The van der Waals surface area contributed by atoms with Crippen LogP contribution < -0.4 is 10.6 Å². The smallest absolute Gasteiger partial charge is 0.134 e. The number of thioether (sulfide) groups is 1. The standard InChI is InChI=1S/C14H26N4S/c1-5-8-15-13-11(2)14(18-12(3)17-13)16-9-6-7-10-19-4/h5-10H2,1-4H3,(H2,15,16,17,18). The molecular formula is C14H26N4S. The Morgan fingerprint density at radius 1 is 1.00 bits per heavy atom. The van der Waals surface area contributed by atoms with E-state index in [1.807, 2.05) is 18.7 Å². The van der Waals surface area contributed by atoms with Crippen molar-refractivity contribution in [3.05, 3.63) is 11.4 Å². The quantitative estimate of drug-likeness (QED) is 0.679. The molecule has 0 saturated heterocycles. The zero-order chi connectivity index (χ0) is 14.1. The summed E-state index contributed by atoms with van der Waals surface area (Å²) in [7, 11) is 0. The van der Waals surface area contributed by atoms with E-state index in [1.165, 1.54) is 18.6 Å². The van der Waals surface area contributed by atoms with Gasteiger partial charge in [0.15, 0.2) is 0 Å². The lowest BCUT2D eigenvalue weighted by atomic mass is 10.2. The van der Waals surface area contributed by atoms with Gasteiger partial charge < -0.3 is 10.6 Å². The van der Waals surface area contributed by atoms with E-state index in [-0.39, 0.29) is 0 Å². The van der Waals surface area contributed by atoms with Crippen molar-refractivity contribution in [2.75, 3.05) is 35.7 Å². The first-order chi connectivity index (χ1) is 9.19. The Balaban J connectivity index is 2.58. The van der Waals surface area contributed by atoms with Crippen molar-refractivity contribution in [2.45, 2.75) is 40.0 Å². The van der Waals surface area contributed by atoms with Crippen LogP contribution >= 0.6 is 11.8 Å². The Bertz CT molecular complexity index is 382. The highest BCUT2D eigenvalue weighted by atomic mass is 32.2. The van der Waals surface area contributed by atoms with Gasteiger partial charge in [0.05, 0.1) is 0 Å². The minimum atomic E-state index is 0.816. The average Bonchev–Trinajstić information content (AvgIpc) is 2.40. The molecule has 1 aromatic heterocycles. The van der Waals surface area contributed by atoms with Crippen molar-refractivity contribution in [2.24, 2.45) is 0 Å². The molecule has 2 N–H and O–H groups in total. The van der Waals surface area contributed by atoms with Gasteiger partial charge in [0.1, 0.15) is 17.5 Å². The number of nitrogens with one attached hydrogen (secondary N) is 2. The Kier molecular flexibility index (Phi) is 7.63. The molecule has 0 aromatic carbocycles. The van der Waals surface area contributed by atoms with Crippen molar-refractivity contribution in [3.8, 4) is 0 Å². The molecule has 0 spiro atoms. The van der Waals surface area contributed by atoms with Crippen molar-refractivity contribution >= 4 is 23.4 Å². The van der Waals surface area contributed by atoms with Gasteiger partial charge in [-0.05, 0) is 45.1 Å². The zero-order valence-electron chi connectivity index (χ0n) is 12.5. The first-order valence-corrected chi connectivity index (χ1v) is 8.40. The number of unbranched alkanes of at least 4 members (excludes halogenated alkanes) is 1. The molecule has 0 saturated carbocycles. The van der Waals surface area contributed by atoms with E-state index in [0.29, 0.717) is 0 Å². The molecule has 1 rings (SSSR count). The summed E-state index contributed by atoms with van der Waals surface area (Å²) in [4.78, 5) is 8.95. The van der Waals surface area contributed by atoms with Gasteiger partial charge in [-0.3, -0.25) is 0 Å². The molecule has 0 aliphatic heterocycles. The van der Waals surface area contributed by atoms with Crippen LogP contribution in [0.5, 0.6) is 0 Å². The van der Waals surface area contributed by atoms with Crippen LogP contribution in [0, 0.1) is 13.8 Å². The largest absolute Gasteiger partial charge is 0.370 e. The molecule has 1 heterocycles. The lowest BCUT2D eigenvalue weighted by molar-refractivity contribution is 0.835. The fourth-order valence-corrected chi connectivity index (χ4v) is 2.29. The zero-order valence-corrected chi connectivity index (χ0v) is 13.4. The van der Waals surface area contributed by atoms with Gasteiger partial charge in [-0.15, -0.1) is 0 Å². The van der Waals surface area contributed by atoms with E-state index >= 15 is 0 Å². The number of nitrogens with zero attached hydrogens (tertiary/aromatic N) is 2. The number of aromatic nitrogens is 2. The van der Waals surface area contributed by atoms with Crippen LogP contribution in [0.1, 0.15) is 37.6 Å². The molecular weight excluding hydrogens is 256 g/mol. The highest BCUT2D eigenvalue weighted by molar-refractivity contribution is 7.98. The fraction of sp³-hybridized carbons (Fsp3) is 0.714. The van der Waals surface area contributed by atoms with E-state index in [4.69, 9.17) is 0 Å². The van der Waals surface area contributed by atoms with Crippen LogP contribution in [0.25, 0.3) is 0 Å². The molecule has 1 aromatic rings. The number of hydrogen-bond donors (Lipinski definition) is 2. The monoisotopic (exact) mass is 282 g/mol. The maximum atomic E-state index is 4.49. The van der Waals surface area contributed by atoms with Crippen molar-refractivity contribution in [3.63, 3.8) is 0 Å². The van der Waals surface area contributed by atoms with Crippen molar-refractivity contribution in [1.82, 2.24) is 9.97 Å². The molecule has 19 heavy (non-hydrogen) atoms. The molecule has 0 aliphatic rings. The lowest BCUT2D eigenvalue weighted by Gasteiger charge is -2.13.